The van der Waals surface area contributed by atoms with E-state index in [-0.39, 0.29) is 5.56 Å². The lowest BCUT2D eigenvalue weighted by atomic mass is 10.3. The van der Waals surface area contributed by atoms with Crippen LogP contribution in [0.2, 0.25) is 0 Å². The Bertz CT molecular complexity index is 661. The molecule has 0 spiro atoms. The topological polar surface area (TPSA) is 59.8 Å². The van der Waals surface area contributed by atoms with Crippen LogP contribution in [0.1, 0.15) is 24.2 Å². The quantitative estimate of drug-likeness (QED) is 0.900. The molecule has 1 N–H and O–H groups in total. The lowest BCUT2D eigenvalue weighted by Crippen LogP contribution is -2.23. The minimum absolute atomic E-state index is 0.103. The van der Waals surface area contributed by atoms with Crippen LogP contribution in [-0.2, 0) is 6.54 Å². The lowest BCUT2D eigenvalue weighted by molar-refractivity contribution is 0.627. The van der Waals surface area contributed by atoms with Crippen LogP contribution in [0.5, 0.6) is 0 Å². The Morgan fingerprint density at radius 3 is 2.95 bits per heavy atom. The van der Waals surface area contributed by atoms with Crippen molar-refractivity contribution in [3.63, 3.8) is 0 Å². The molecule has 2 aromatic heterocycles. The predicted octanol–water partition coefficient (Wildman–Crippen LogP) is 1.82. The minimum atomic E-state index is -0.103. The SMILES string of the molecule is Cc1cccc(Cn2ncc(NCC3CC3)cc2=O)n1. The molecule has 3 rings (SSSR count). The molecule has 0 saturated heterocycles. The molecule has 20 heavy (non-hydrogen) atoms. The maximum atomic E-state index is 12.0. The number of pyridine rings is 1. The van der Waals surface area contributed by atoms with E-state index in [0.717, 1.165) is 29.5 Å². The molecule has 1 fully saturated rings. The zero-order chi connectivity index (χ0) is 13.9. The zero-order valence-corrected chi connectivity index (χ0v) is 11.5. The second-order valence-electron chi connectivity index (χ2n) is 5.33. The summed E-state index contributed by atoms with van der Waals surface area (Å²) in [6.45, 7) is 3.28. The van der Waals surface area contributed by atoms with Crippen LogP contribution in [0, 0.1) is 12.8 Å². The van der Waals surface area contributed by atoms with E-state index in [9.17, 15) is 4.79 Å². The lowest BCUT2D eigenvalue weighted by Gasteiger charge is -2.07. The van der Waals surface area contributed by atoms with E-state index in [2.05, 4.69) is 15.4 Å². The monoisotopic (exact) mass is 270 g/mol. The summed E-state index contributed by atoms with van der Waals surface area (Å²) in [5.74, 6) is 0.772. The third-order valence-corrected chi connectivity index (χ3v) is 3.42. The van der Waals surface area contributed by atoms with E-state index in [1.807, 2.05) is 25.1 Å². The van der Waals surface area contributed by atoms with Crippen molar-refractivity contribution in [1.29, 1.82) is 0 Å². The number of rotatable bonds is 5. The summed E-state index contributed by atoms with van der Waals surface area (Å²) >= 11 is 0. The van der Waals surface area contributed by atoms with Gasteiger partial charge in [-0.2, -0.15) is 5.10 Å². The van der Waals surface area contributed by atoms with Crippen molar-refractivity contribution in [3.8, 4) is 0 Å². The molecule has 1 saturated carbocycles. The molecule has 0 bridgehead atoms. The van der Waals surface area contributed by atoms with Gasteiger partial charge in [0.15, 0.2) is 0 Å². The van der Waals surface area contributed by atoms with Crippen LogP contribution >= 0.6 is 0 Å². The van der Waals surface area contributed by atoms with E-state index in [0.29, 0.717) is 6.54 Å². The number of aryl methyl sites for hydroxylation is 1. The first-order valence-electron chi connectivity index (χ1n) is 6.94. The normalized spacial score (nSPS) is 14.2. The highest BCUT2D eigenvalue weighted by atomic mass is 16.1. The van der Waals surface area contributed by atoms with Crippen LogP contribution in [0.15, 0.2) is 35.3 Å². The Labute approximate surface area is 117 Å². The first-order valence-corrected chi connectivity index (χ1v) is 6.94. The second-order valence-corrected chi connectivity index (χ2v) is 5.33. The van der Waals surface area contributed by atoms with Gasteiger partial charge in [0.1, 0.15) is 0 Å². The average Bonchev–Trinajstić information content (AvgIpc) is 3.23. The van der Waals surface area contributed by atoms with E-state index in [1.165, 1.54) is 17.5 Å². The van der Waals surface area contributed by atoms with Gasteiger partial charge in [-0.05, 0) is 37.8 Å². The number of hydrogen-bond donors (Lipinski definition) is 1. The fourth-order valence-corrected chi connectivity index (χ4v) is 2.07. The molecular weight excluding hydrogens is 252 g/mol. The molecule has 0 atom stereocenters. The molecule has 2 heterocycles. The molecule has 5 heteroatoms. The van der Waals surface area contributed by atoms with Crippen molar-refractivity contribution in [2.45, 2.75) is 26.3 Å². The van der Waals surface area contributed by atoms with E-state index in [4.69, 9.17) is 0 Å². The number of hydrogen-bond acceptors (Lipinski definition) is 4. The summed E-state index contributed by atoms with van der Waals surface area (Å²) in [5.41, 5.74) is 2.49. The Balaban J connectivity index is 1.71. The molecule has 0 amide bonds. The van der Waals surface area contributed by atoms with E-state index >= 15 is 0 Å². The standard InChI is InChI=1S/C15H18N4O/c1-11-3-2-4-13(18-11)10-19-15(20)7-14(9-17-19)16-8-12-5-6-12/h2-4,7,9,12,16H,5-6,8,10H2,1H3. The molecule has 1 aliphatic carbocycles. The largest absolute Gasteiger partial charge is 0.383 e. The summed E-state index contributed by atoms with van der Waals surface area (Å²) in [7, 11) is 0. The fourth-order valence-electron chi connectivity index (χ4n) is 2.07. The van der Waals surface area contributed by atoms with Crippen LogP contribution < -0.4 is 10.9 Å². The molecular formula is C15H18N4O. The van der Waals surface area contributed by atoms with Crippen LogP contribution in [0.25, 0.3) is 0 Å². The van der Waals surface area contributed by atoms with Gasteiger partial charge < -0.3 is 5.32 Å². The smallest absolute Gasteiger partial charge is 0.269 e. The molecule has 0 aliphatic heterocycles. The van der Waals surface area contributed by atoms with Gasteiger partial charge in [-0.25, -0.2) is 4.68 Å². The van der Waals surface area contributed by atoms with Crippen molar-refractivity contribution in [2.75, 3.05) is 11.9 Å². The van der Waals surface area contributed by atoms with Crippen LogP contribution in [-0.4, -0.2) is 21.3 Å². The summed E-state index contributed by atoms with van der Waals surface area (Å²) < 4.78 is 1.43. The van der Waals surface area contributed by atoms with Gasteiger partial charge in [-0.3, -0.25) is 9.78 Å². The average molecular weight is 270 g/mol. The summed E-state index contributed by atoms with van der Waals surface area (Å²) in [4.78, 5) is 16.4. The highest BCUT2D eigenvalue weighted by Gasteiger charge is 2.20. The third kappa shape index (κ3) is 3.23. The Hall–Kier alpha value is -2.17. The summed E-state index contributed by atoms with van der Waals surface area (Å²) in [6, 6.07) is 7.38. The van der Waals surface area contributed by atoms with Crippen LogP contribution in [0.3, 0.4) is 0 Å². The maximum absolute atomic E-state index is 12.0. The maximum Gasteiger partial charge on any atom is 0.269 e. The van der Waals surface area contributed by atoms with Gasteiger partial charge in [0.25, 0.3) is 5.56 Å². The Morgan fingerprint density at radius 2 is 2.25 bits per heavy atom. The van der Waals surface area contributed by atoms with E-state index < -0.39 is 0 Å². The number of nitrogens with zero attached hydrogens (tertiary/aromatic N) is 3. The number of aromatic nitrogens is 3. The van der Waals surface area contributed by atoms with Gasteiger partial charge in [0.05, 0.1) is 24.1 Å². The highest BCUT2D eigenvalue weighted by Crippen LogP contribution is 2.28. The highest BCUT2D eigenvalue weighted by molar-refractivity contribution is 5.39. The molecule has 2 aromatic rings. The molecule has 0 aromatic carbocycles. The Morgan fingerprint density at radius 1 is 1.40 bits per heavy atom. The van der Waals surface area contributed by atoms with Gasteiger partial charge in [-0.1, -0.05) is 6.07 Å². The third-order valence-electron chi connectivity index (χ3n) is 3.42. The van der Waals surface area contributed by atoms with Crippen LogP contribution in [0.4, 0.5) is 5.69 Å². The number of anilines is 1. The molecule has 0 radical (unpaired) electrons. The van der Waals surface area contributed by atoms with Crippen molar-refractivity contribution in [2.24, 2.45) is 5.92 Å². The second kappa shape index (κ2) is 5.45. The summed E-state index contributed by atoms with van der Waals surface area (Å²) in [5, 5.41) is 7.46. The number of nitrogens with one attached hydrogen (secondary N) is 1. The molecule has 104 valence electrons. The van der Waals surface area contributed by atoms with Crippen molar-refractivity contribution in [3.05, 3.63) is 52.2 Å². The minimum Gasteiger partial charge on any atom is -0.383 e. The Kier molecular flexibility index (Phi) is 3.50. The zero-order valence-electron chi connectivity index (χ0n) is 11.5. The molecule has 1 aliphatic rings. The predicted molar refractivity (Wildman–Crippen MR) is 77.8 cm³/mol. The molecule has 0 unspecified atom stereocenters. The fraction of sp³-hybridized carbons (Fsp3) is 0.400. The first kappa shape index (κ1) is 12.8. The van der Waals surface area contributed by atoms with Crippen molar-refractivity contribution < 1.29 is 0 Å². The van der Waals surface area contributed by atoms with Gasteiger partial charge in [0.2, 0.25) is 0 Å². The summed E-state index contributed by atoms with van der Waals surface area (Å²) in [6.07, 6.45) is 4.28. The van der Waals surface area contributed by atoms with Gasteiger partial charge >= 0.3 is 0 Å². The van der Waals surface area contributed by atoms with Gasteiger partial charge in [0, 0.05) is 18.3 Å². The van der Waals surface area contributed by atoms with E-state index in [1.54, 1.807) is 12.3 Å². The van der Waals surface area contributed by atoms with Crippen molar-refractivity contribution >= 4 is 5.69 Å². The van der Waals surface area contributed by atoms with Crippen molar-refractivity contribution in [1.82, 2.24) is 14.8 Å². The van der Waals surface area contributed by atoms with Gasteiger partial charge in [-0.15, -0.1) is 0 Å². The first-order chi connectivity index (χ1) is 9.70. The molecule has 5 nitrogen and oxygen atoms in total.